The molecule has 1 unspecified atom stereocenters. The van der Waals surface area contributed by atoms with Gasteiger partial charge in [0.05, 0.1) is 10.5 Å². The van der Waals surface area contributed by atoms with E-state index in [2.05, 4.69) is 32.2 Å². The van der Waals surface area contributed by atoms with Crippen LogP contribution < -0.4 is 5.32 Å². The Morgan fingerprint density at radius 2 is 2.12 bits per heavy atom. The molecule has 0 saturated heterocycles. The van der Waals surface area contributed by atoms with E-state index in [1.165, 1.54) is 34.5 Å². The summed E-state index contributed by atoms with van der Waals surface area (Å²) in [7, 11) is 0. The summed E-state index contributed by atoms with van der Waals surface area (Å²) in [5, 5.41) is 14.6. The molecule has 1 heterocycles. The number of nitro benzene ring substituents is 1. The van der Waals surface area contributed by atoms with Gasteiger partial charge in [0.25, 0.3) is 0 Å². The molecule has 0 aromatic heterocycles. The number of allylic oxidation sites excluding steroid dienone is 3. The van der Waals surface area contributed by atoms with Crippen LogP contribution in [-0.4, -0.2) is 10.5 Å². The number of fused-ring (bicyclic) bond motifs is 3. The molecule has 1 aromatic carbocycles. The van der Waals surface area contributed by atoms with Crippen molar-refractivity contribution in [3.8, 4) is 0 Å². The van der Waals surface area contributed by atoms with Gasteiger partial charge in [0.1, 0.15) is 0 Å². The number of halogens is 1. The van der Waals surface area contributed by atoms with Gasteiger partial charge < -0.3 is 5.32 Å². The second-order valence-corrected chi connectivity index (χ2v) is 7.47. The van der Waals surface area contributed by atoms with Gasteiger partial charge in [-0.25, -0.2) is 0 Å². The second-order valence-electron chi connectivity index (χ2n) is 7.47. The third-order valence-electron chi connectivity index (χ3n) is 5.19. The third kappa shape index (κ3) is 2.19. The molecule has 1 aromatic rings. The first-order valence-electron chi connectivity index (χ1n) is 8.13. The minimum atomic E-state index is -0.747. The van der Waals surface area contributed by atoms with Gasteiger partial charge >= 0.3 is 5.69 Å². The van der Waals surface area contributed by atoms with E-state index in [0.29, 0.717) is 0 Å². The van der Waals surface area contributed by atoms with Crippen LogP contribution in [0.3, 0.4) is 0 Å². The van der Waals surface area contributed by atoms with E-state index in [1.807, 2.05) is 6.08 Å². The minimum absolute atomic E-state index is 0.0767. The molecule has 124 valence electrons. The summed E-state index contributed by atoms with van der Waals surface area (Å²) in [6.45, 7) is 6.41. The SMILES string of the molecule is CC1=CC(C)(C)NC2=C1CC1C(=Cc3cc([N+](=O)[O-])c(F)cc31)C2. The van der Waals surface area contributed by atoms with Gasteiger partial charge in [-0.05, 0) is 55.5 Å². The number of hydrogen-bond acceptors (Lipinski definition) is 3. The van der Waals surface area contributed by atoms with E-state index in [-0.39, 0.29) is 11.5 Å². The molecule has 2 aliphatic carbocycles. The van der Waals surface area contributed by atoms with Crippen molar-refractivity contribution < 1.29 is 9.31 Å². The van der Waals surface area contributed by atoms with Gasteiger partial charge in [-0.15, -0.1) is 0 Å². The van der Waals surface area contributed by atoms with Crippen molar-refractivity contribution in [3.05, 3.63) is 67.7 Å². The molecule has 0 fully saturated rings. The molecule has 1 atom stereocenters. The van der Waals surface area contributed by atoms with Crippen LogP contribution in [0.2, 0.25) is 0 Å². The van der Waals surface area contributed by atoms with Gasteiger partial charge in [0, 0.05) is 24.1 Å². The average molecular weight is 326 g/mol. The summed E-state index contributed by atoms with van der Waals surface area (Å²) in [4.78, 5) is 10.3. The highest BCUT2D eigenvalue weighted by Gasteiger charge is 2.36. The summed E-state index contributed by atoms with van der Waals surface area (Å²) < 4.78 is 14.1. The summed E-state index contributed by atoms with van der Waals surface area (Å²) in [5.41, 5.74) is 6.13. The molecular formula is C19H19FN2O2. The molecule has 1 N–H and O–H groups in total. The summed E-state index contributed by atoms with van der Waals surface area (Å²) >= 11 is 0. The average Bonchev–Trinajstić information content (AvgIpc) is 2.80. The molecule has 5 heteroatoms. The molecule has 4 rings (SSSR count). The molecule has 0 amide bonds. The molecule has 0 spiro atoms. The number of hydrogen-bond donors (Lipinski definition) is 1. The molecular weight excluding hydrogens is 307 g/mol. The molecule has 0 radical (unpaired) electrons. The first kappa shape index (κ1) is 15.1. The number of nitro groups is 1. The number of nitrogens with zero attached hydrogens (tertiary/aromatic N) is 1. The molecule has 1 aliphatic heterocycles. The van der Waals surface area contributed by atoms with Crippen molar-refractivity contribution >= 4 is 11.8 Å². The lowest BCUT2D eigenvalue weighted by atomic mass is 9.76. The third-order valence-corrected chi connectivity index (χ3v) is 5.19. The van der Waals surface area contributed by atoms with Crippen molar-refractivity contribution in [2.45, 2.75) is 45.1 Å². The fourth-order valence-electron chi connectivity index (χ4n) is 4.29. The highest BCUT2D eigenvalue weighted by atomic mass is 19.1. The lowest BCUT2D eigenvalue weighted by Crippen LogP contribution is -2.41. The van der Waals surface area contributed by atoms with Crippen molar-refractivity contribution in [3.63, 3.8) is 0 Å². The smallest absolute Gasteiger partial charge is 0.305 e. The largest absolute Gasteiger partial charge is 0.379 e. The summed E-state index contributed by atoms with van der Waals surface area (Å²) in [6.07, 6.45) is 5.83. The maximum atomic E-state index is 14.1. The quantitative estimate of drug-likeness (QED) is 0.606. The Morgan fingerprint density at radius 1 is 1.38 bits per heavy atom. The predicted octanol–water partition coefficient (Wildman–Crippen LogP) is 4.59. The Kier molecular flexibility index (Phi) is 3.02. The van der Waals surface area contributed by atoms with E-state index < -0.39 is 16.4 Å². The number of nitrogens with one attached hydrogen (secondary N) is 1. The Balaban J connectivity index is 1.76. The van der Waals surface area contributed by atoms with Crippen LogP contribution in [-0.2, 0) is 0 Å². The predicted molar refractivity (Wildman–Crippen MR) is 91.0 cm³/mol. The van der Waals surface area contributed by atoms with Crippen LogP contribution in [0, 0.1) is 15.9 Å². The Hall–Kier alpha value is -2.43. The van der Waals surface area contributed by atoms with Gasteiger partial charge in [0.15, 0.2) is 0 Å². The first-order valence-corrected chi connectivity index (χ1v) is 8.13. The van der Waals surface area contributed by atoms with E-state index in [0.717, 1.165) is 24.0 Å². The van der Waals surface area contributed by atoms with Crippen molar-refractivity contribution in [1.29, 1.82) is 0 Å². The van der Waals surface area contributed by atoms with Crippen molar-refractivity contribution in [2.75, 3.05) is 0 Å². The maximum absolute atomic E-state index is 14.1. The Labute approximate surface area is 139 Å². The van der Waals surface area contributed by atoms with E-state index in [1.54, 1.807) is 0 Å². The van der Waals surface area contributed by atoms with Crippen molar-refractivity contribution in [1.82, 2.24) is 5.32 Å². The van der Waals surface area contributed by atoms with Crippen molar-refractivity contribution in [2.24, 2.45) is 0 Å². The Morgan fingerprint density at radius 3 is 2.83 bits per heavy atom. The zero-order valence-corrected chi connectivity index (χ0v) is 13.9. The molecule has 4 nitrogen and oxygen atoms in total. The second kappa shape index (κ2) is 4.79. The van der Waals surface area contributed by atoms with Crippen LogP contribution in [0.5, 0.6) is 0 Å². The summed E-state index contributed by atoms with van der Waals surface area (Å²) in [5.74, 6) is -0.622. The summed E-state index contributed by atoms with van der Waals surface area (Å²) in [6, 6.07) is 2.72. The highest BCUT2D eigenvalue weighted by Crippen LogP contribution is 2.50. The zero-order valence-electron chi connectivity index (χ0n) is 13.9. The Bertz CT molecular complexity index is 878. The fourth-order valence-corrected chi connectivity index (χ4v) is 4.29. The lowest BCUT2D eigenvalue weighted by Gasteiger charge is -2.38. The van der Waals surface area contributed by atoms with Crippen LogP contribution in [0.15, 0.2) is 40.6 Å². The molecule has 3 aliphatic rings. The maximum Gasteiger partial charge on any atom is 0.305 e. The van der Waals surface area contributed by atoms with Gasteiger partial charge in [0.2, 0.25) is 5.82 Å². The van der Waals surface area contributed by atoms with Crippen LogP contribution in [0.4, 0.5) is 10.1 Å². The van der Waals surface area contributed by atoms with E-state index in [9.17, 15) is 14.5 Å². The van der Waals surface area contributed by atoms with Gasteiger partial charge in [-0.2, -0.15) is 4.39 Å². The fraction of sp³-hybridized carbons (Fsp3) is 0.368. The van der Waals surface area contributed by atoms with Gasteiger partial charge in [-0.1, -0.05) is 17.7 Å². The first-order chi connectivity index (χ1) is 11.2. The molecule has 0 bridgehead atoms. The topological polar surface area (TPSA) is 55.2 Å². The zero-order chi connectivity index (χ0) is 17.2. The number of rotatable bonds is 1. The normalized spacial score (nSPS) is 23.6. The lowest BCUT2D eigenvalue weighted by molar-refractivity contribution is -0.387. The highest BCUT2D eigenvalue weighted by molar-refractivity contribution is 5.71. The van der Waals surface area contributed by atoms with Crippen LogP contribution in [0.1, 0.15) is 50.7 Å². The number of dihydropyridines is 1. The van der Waals surface area contributed by atoms with Gasteiger partial charge in [-0.3, -0.25) is 10.1 Å². The standard InChI is InChI=1S/C19H19FN2O2/c1-10-9-19(2,3)21-17-5-11-4-12-6-18(22(23)24)16(20)8-15(12)14(11)7-13(10)17/h4,6,8-9,14,21H,5,7H2,1-3H3. The minimum Gasteiger partial charge on any atom is -0.379 e. The van der Waals surface area contributed by atoms with Crippen LogP contribution in [0.25, 0.3) is 6.08 Å². The molecule has 24 heavy (non-hydrogen) atoms. The molecule has 0 saturated carbocycles. The number of benzene rings is 1. The monoisotopic (exact) mass is 326 g/mol. The van der Waals surface area contributed by atoms with Crippen LogP contribution >= 0.6 is 0 Å². The van der Waals surface area contributed by atoms with E-state index >= 15 is 0 Å². The van der Waals surface area contributed by atoms with E-state index in [4.69, 9.17) is 0 Å².